The molecule has 7 nitrogen and oxygen atoms in total. The quantitative estimate of drug-likeness (QED) is 0.480. The van der Waals surface area contributed by atoms with E-state index in [0.29, 0.717) is 23.0 Å². The zero-order chi connectivity index (χ0) is 20.9. The van der Waals surface area contributed by atoms with Gasteiger partial charge in [-0.05, 0) is 36.2 Å². The smallest absolute Gasteiger partial charge is 0.231 e. The van der Waals surface area contributed by atoms with Crippen LogP contribution in [-0.2, 0) is 17.6 Å². The lowest BCUT2D eigenvalue weighted by molar-refractivity contribution is -0.116. The Hall–Kier alpha value is -3.81. The van der Waals surface area contributed by atoms with Crippen LogP contribution < -0.4 is 5.32 Å². The zero-order valence-electron chi connectivity index (χ0n) is 16.3. The maximum atomic E-state index is 13.0. The molecule has 1 N–H and O–H groups in total. The van der Waals surface area contributed by atoms with Crippen LogP contribution in [0.15, 0.2) is 63.6 Å². The van der Waals surface area contributed by atoms with Crippen LogP contribution in [0.5, 0.6) is 0 Å². The minimum absolute atomic E-state index is 0.131. The summed E-state index contributed by atoms with van der Waals surface area (Å²) in [6.07, 6.45) is 1.36. The highest BCUT2D eigenvalue weighted by Gasteiger charge is 2.13. The van der Waals surface area contributed by atoms with Crippen molar-refractivity contribution < 1.29 is 18.2 Å². The maximum Gasteiger partial charge on any atom is 0.231 e. The van der Waals surface area contributed by atoms with Crippen molar-refractivity contribution in [1.29, 1.82) is 0 Å². The first kappa shape index (κ1) is 19.5. The molecule has 2 heterocycles. The van der Waals surface area contributed by atoms with Gasteiger partial charge in [0.15, 0.2) is 0 Å². The normalized spacial score (nSPS) is 10.9. The van der Waals surface area contributed by atoms with Gasteiger partial charge >= 0.3 is 0 Å². The molecule has 0 radical (unpaired) electrons. The number of aryl methyl sites for hydroxylation is 2. The van der Waals surface area contributed by atoms with Gasteiger partial charge in [-0.3, -0.25) is 10.1 Å². The highest BCUT2D eigenvalue weighted by Crippen LogP contribution is 2.22. The van der Waals surface area contributed by atoms with E-state index >= 15 is 0 Å². The summed E-state index contributed by atoms with van der Waals surface area (Å²) < 4.78 is 23.4. The third-order valence-electron chi connectivity index (χ3n) is 4.57. The molecule has 4 rings (SSSR count). The summed E-state index contributed by atoms with van der Waals surface area (Å²) in [7, 11) is 0. The Balaban J connectivity index is 1.32. The zero-order valence-corrected chi connectivity index (χ0v) is 16.3. The number of nitrogens with zero attached hydrogens (tertiary/aromatic N) is 3. The molecule has 0 saturated heterocycles. The molecule has 0 aliphatic heterocycles. The second-order valence-electron chi connectivity index (χ2n) is 6.69. The molecule has 152 valence electrons. The number of benzene rings is 2. The molecule has 4 aromatic rings. The van der Waals surface area contributed by atoms with Crippen molar-refractivity contribution in [3.8, 4) is 22.6 Å². The summed E-state index contributed by atoms with van der Waals surface area (Å²) in [5, 5.41) is 10.5. The molecule has 0 fully saturated rings. The molecular formula is C22H19FN4O3. The summed E-state index contributed by atoms with van der Waals surface area (Å²) in [5.74, 6) is 0.332. The number of halogens is 1. The number of aromatic nitrogens is 3. The topological polar surface area (TPSA) is 94.1 Å². The van der Waals surface area contributed by atoms with Gasteiger partial charge < -0.3 is 9.05 Å². The van der Waals surface area contributed by atoms with Gasteiger partial charge in [-0.1, -0.05) is 41.5 Å². The van der Waals surface area contributed by atoms with Gasteiger partial charge in [-0.25, -0.2) is 4.39 Å². The van der Waals surface area contributed by atoms with E-state index in [1.807, 2.05) is 24.3 Å². The Morgan fingerprint density at radius 3 is 2.47 bits per heavy atom. The summed E-state index contributed by atoms with van der Waals surface area (Å²) in [4.78, 5) is 16.4. The molecule has 0 aliphatic rings. The molecule has 0 atom stereocenters. The SMILES string of the molecule is CCc1ccc(-c2cc(NC(=O)CCc3nc(-c4ccc(F)cc4)no3)on2)cc1. The lowest BCUT2D eigenvalue weighted by atomic mass is 10.1. The number of carbonyl (C=O) groups is 1. The van der Waals surface area contributed by atoms with Crippen molar-refractivity contribution in [1.82, 2.24) is 15.3 Å². The fourth-order valence-electron chi connectivity index (χ4n) is 2.87. The fraction of sp³-hybridized carbons (Fsp3) is 0.182. The number of hydrogen-bond donors (Lipinski definition) is 1. The van der Waals surface area contributed by atoms with Crippen LogP contribution in [0.1, 0.15) is 24.8 Å². The van der Waals surface area contributed by atoms with Gasteiger partial charge in [0.25, 0.3) is 0 Å². The van der Waals surface area contributed by atoms with Gasteiger partial charge in [-0.15, -0.1) is 0 Å². The summed E-state index contributed by atoms with van der Waals surface area (Å²) in [6.45, 7) is 2.09. The second kappa shape index (κ2) is 8.69. The van der Waals surface area contributed by atoms with Crippen molar-refractivity contribution in [2.75, 3.05) is 5.32 Å². The van der Waals surface area contributed by atoms with Crippen LogP contribution in [-0.4, -0.2) is 21.2 Å². The Morgan fingerprint density at radius 1 is 1.00 bits per heavy atom. The molecule has 30 heavy (non-hydrogen) atoms. The first-order valence-electron chi connectivity index (χ1n) is 9.55. The van der Waals surface area contributed by atoms with Crippen LogP contribution in [0.2, 0.25) is 0 Å². The highest BCUT2D eigenvalue weighted by molar-refractivity contribution is 5.89. The van der Waals surface area contributed by atoms with Crippen molar-refractivity contribution in [2.45, 2.75) is 26.2 Å². The van der Waals surface area contributed by atoms with E-state index in [1.54, 1.807) is 18.2 Å². The first-order chi connectivity index (χ1) is 14.6. The second-order valence-corrected chi connectivity index (χ2v) is 6.69. The van der Waals surface area contributed by atoms with Gasteiger partial charge in [0.1, 0.15) is 11.5 Å². The van der Waals surface area contributed by atoms with E-state index in [1.165, 1.54) is 17.7 Å². The van der Waals surface area contributed by atoms with Gasteiger partial charge in [0.05, 0.1) is 0 Å². The minimum Gasteiger partial charge on any atom is -0.339 e. The molecule has 2 aromatic heterocycles. The molecular weight excluding hydrogens is 387 g/mol. The van der Waals surface area contributed by atoms with Crippen molar-refractivity contribution >= 4 is 11.8 Å². The first-order valence-corrected chi connectivity index (χ1v) is 9.55. The van der Waals surface area contributed by atoms with Crippen molar-refractivity contribution in [2.24, 2.45) is 0 Å². The van der Waals surface area contributed by atoms with E-state index in [2.05, 4.69) is 27.5 Å². The van der Waals surface area contributed by atoms with Crippen molar-refractivity contribution in [3.05, 3.63) is 71.9 Å². The predicted octanol–water partition coefficient (Wildman–Crippen LogP) is 4.66. The summed E-state index contributed by atoms with van der Waals surface area (Å²) in [5.41, 5.74) is 3.43. The number of carbonyl (C=O) groups excluding carboxylic acids is 1. The molecule has 0 unspecified atom stereocenters. The monoisotopic (exact) mass is 406 g/mol. The van der Waals surface area contributed by atoms with E-state index < -0.39 is 0 Å². The Morgan fingerprint density at radius 2 is 1.73 bits per heavy atom. The highest BCUT2D eigenvalue weighted by atomic mass is 19.1. The van der Waals surface area contributed by atoms with Crippen LogP contribution in [0, 0.1) is 5.82 Å². The van der Waals surface area contributed by atoms with E-state index in [-0.39, 0.29) is 30.5 Å². The maximum absolute atomic E-state index is 13.0. The van der Waals surface area contributed by atoms with Gasteiger partial charge in [0, 0.05) is 30.0 Å². The van der Waals surface area contributed by atoms with E-state index in [0.717, 1.165) is 12.0 Å². The summed E-state index contributed by atoms with van der Waals surface area (Å²) in [6, 6.07) is 15.5. The predicted molar refractivity (Wildman–Crippen MR) is 108 cm³/mol. The molecule has 0 aliphatic carbocycles. The Kier molecular flexibility index (Phi) is 5.65. The van der Waals surface area contributed by atoms with Crippen LogP contribution in [0.25, 0.3) is 22.6 Å². The molecule has 8 heteroatoms. The fourth-order valence-corrected chi connectivity index (χ4v) is 2.87. The van der Waals surface area contributed by atoms with Crippen molar-refractivity contribution in [3.63, 3.8) is 0 Å². The minimum atomic E-state index is -0.340. The molecule has 1 amide bonds. The van der Waals surface area contributed by atoms with Crippen LogP contribution >= 0.6 is 0 Å². The third kappa shape index (κ3) is 4.60. The lowest BCUT2D eigenvalue weighted by Crippen LogP contribution is -2.11. The molecule has 2 aromatic carbocycles. The Labute approximate surface area is 171 Å². The van der Waals surface area contributed by atoms with E-state index in [9.17, 15) is 9.18 Å². The number of hydrogen-bond acceptors (Lipinski definition) is 6. The Bertz CT molecular complexity index is 1130. The third-order valence-corrected chi connectivity index (χ3v) is 4.57. The standard InChI is InChI=1S/C22H19FN4O3/c1-2-14-3-5-15(6-4-14)18-13-21(30-26-18)24-19(28)11-12-20-25-22(27-29-20)16-7-9-17(23)10-8-16/h3-10,13H,2,11-12H2,1H3,(H,24,28). The average Bonchev–Trinajstić information content (AvgIpc) is 3.43. The lowest BCUT2D eigenvalue weighted by Gasteiger charge is -1.99. The van der Waals surface area contributed by atoms with Crippen LogP contribution in [0.3, 0.4) is 0 Å². The van der Waals surface area contributed by atoms with Gasteiger partial charge in [-0.2, -0.15) is 4.98 Å². The molecule has 0 bridgehead atoms. The van der Waals surface area contributed by atoms with Crippen LogP contribution in [0.4, 0.5) is 10.3 Å². The molecule has 0 saturated carbocycles. The average molecular weight is 406 g/mol. The number of anilines is 1. The number of amides is 1. The van der Waals surface area contributed by atoms with Gasteiger partial charge in [0.2, 0.25) is 23.5 Å². The number of nitrogens with one attached hydrogen (secondary N) is 1. The summed E-state index contributed by atoms with van der Waals surface area (Å²) >= 11 is 0. The largest absolute Gasteiger partial charge is 0.339 e. The molecule has 0 spiro atoms. The number of rotatable bonds is 7. The van der Waals surface area contributed by atoms with E-state index in [4.69, 9.17) is 9.05 Å².